The Morgan fingerprint density at radius 3 is 2.82 bits per heavy atom. The number of aliphatic hydroxyl groups is 1. The van der Waals surface area contributed by atoms with Gasteiger partial charge in [-0.1, -0.05) is 6.07 Å². The van der Waals surface area contributed by atoms with E-state index in [1.54, 1.807) is 30.2 Å². The van der Waals surface area contributed by atoms with Crippen LogP contribution in [0.3, 0.4) is 0 Å². The van der Waals surface area contributed by atoms with Crippen molar-refractivity contribution < 1.29 is 14.3 Å². The number of benzene rings is 1. The molecule has 3 rings (SSSR count). The number of nitrogens with zero attached hydrogens (tertiary/aromatic N) is 2. The number of hydrogen-bond acceptors (Lipinski definition) is 3. The summed E-state index contributed by atoms with van der Waals surface area (Å²) in [7, 11) is 0. The SMILES string of the molecule is CC(O)C1CCN(C(=O)c2cc(F)cc3cccnc23)CC1. The average molecular weight is 302 g/mol. The molecule has 1 amide bonds. The molecule has 2 heterocycles. The van der Waals surface area contributed by atoms with Gasteiger partial charge in [-0.25, -0.2) is 4.39 Å². The van der Waals surface area contributed by atoms with E-state index in [4.69, 9.17) is 0 Å². The van der Waals surface area contributed by atoms with Gasteiger partial charge in [0.25, 0.3) is 5.91 Å². The Morgan fingerprint density at radius 2 is 2.14 bits per heavy atom. The summed E-state index contributed by atoms with van der Waals surface area (Å²) >= 11 is 0. The van der Waals surface area contributed by atoms with E-state index in [2.05, 4.69) is 4.98 Å². The minimum Gasteiger partial charge on any atom is -0.393 e. The Hall–Kier alpha value is -2.01. The van der Waals surface area contributed by atoms with Gasteiger partial charge in [0.05, 0.1) is 17.2 Å². The third kappa shape index (κ3) is 2.81. The molecule has 5 heteroatoms. The number of fused-ring (bicyclic) bond motifs is 1. The van der Waals surface area contributed by atoms with E-state index >= 15 is 0 Å². The molecule has 1 aliphatic heterocycles. The van der Waals surface area contributed by atoms with Crippen LogP contribution in [0, 0.1) is 11.7 Å². The van der Waals surface area contributed by atoms with Crippen LogP contribution < -0.4 is 0 Å². The quantitative estimate of drug-likeness (QED) is 0.928. The highest BCUT2D eigenvalue weighted by molar-refractivity contribution is 6.05. The standard InChI is InChI=1S/C17H19FN2O2/c1-11(21)12-4-7-20(8-5-12)17(22)15-10-14(18)9-13-3-2-6-19-16(13)15/h2-3,6,9-12,21H,4-5,7-8H2,1H3. The molecule has 1 unspecified atom stereocenters. The number of amides is 1. The monoisotopic (exact) mass is 302 g/mol. The topological polar surface area (TPSA) is 53.4 Å². The maximum absolute atomic E-state index is 13.8. The Labute approximate surface area is 128 Å². The lowest BCUT2D eigenvalue weighted by Crippen LogP contribution is -2.40. The Kier molecular flexibility index (Phi) is 4.07. The van der Waals surface area contributed by atoms with E-state index in [-0.39, 0.29) is 17.9 Å². The van der Waals surface area contributed by atoms with Gasteiger partial charge in [-0.2, -0.15) is 0 Å². The van der Waals surface area contributed by atoms with E-state index in [1.165, 1.54) is 12.1 Å². The molecule has 1 saturated heterocycles. The number of carbonyl (C=O) groups is 1. The van der Waals surface area contributed by atoms with Crippen LogP contribution in [0.2, 0.25) is 0 Å². The highest BCUT2D eigenvalue weighted by Gasteiger charge is 2.27. The molecule has 1 aliphatic rings. The molecule has 22 heavy (non-hydrogen) atoms. The maximum atomic E-state index is 13.8. The molecular formula is C17H19FN2O2. The zero-order chi connectivity index (χ0) is 15.7. The second-order valence-corrected chi connectivity index (χ2v) is 5.90. The minimum atomic E-state index is -0.428. The molecule has 0 saturated carbocycles. The molecule has 4 nitrogen and oxygen atoms in total. The maximum Gasteiger partial charge on any atom is 0.256 e. The smallest absolute Gasteiger partial charge is 0.256 e. The first-order valence-electron chi connectivity index (χ1n) is 7.58. The van der Waals surface area contributed by atoms with Crippen molar-refractivity contribution >= 4 is 16.8 Å². The molecule has 0 aliphatic carbocycles. The predicted octanol–water partition coefficient (Wildman–Crippen LogP) is 2.61. The number of halogens is 1. The molecule has 1 N–H and O–H groups in total. The highest BCUT2D eigenvalue weighted by Crippen LogP contribution is 2.24. The first-order chi connectivity index (χ1) is 10.6. The van der Waals surface area contributed by atoms with Crippen molar-refractivity contribution in [2.24, 2.45) is 5.92 Å². The predicted molar refractivity (Wildman–Crippen MR) is 82.0 cm³/mol. The van der Waals surface area contributed by atoms with E-state index in [0.717, 1.165) is 12.8 Å². The number of piperidine rings is 1. The van der Waals surface area contributed by atoms with Gasteiger partial charge >= 0.3 is 0 Å². The van der Waals surface area contributed by atoms with Gasteiger partial charge < -0.3 is 10.0 Å². The molecule has 1 atom stereocenters. The number of rotatable bonds is 2. The van der Waals surface area contributed by atoms with Crippen molar-refractivity contribution in [1.29, 1.82) is 0 Å². The molecule has 116 valence electrons. The number of aliphatic hydroxyl groups excluding tert-OH is 1. The van der Waals surface area contributed by atoms with Crippen LogP contribution >= 0.6 is 0 Å². The van der Waals surface area contributed by atoms with Crippen molar-refractivity contribution in [2.45, 2.75) is 25.9 Å². The lowest BCUT2D eigenvalue weighted by Gasteiger charge is -2.33. The van der Waals surface area contributed by atoms with Crippen LogP contribution in [0.1, 0.15) is 30.1 Å². The highest BCUT2D eigenvalue weighted by atomic mass is 19.1. The van der Waals surface area contributed by atoms with Crippen LogP contribution in [0.4, 0.5) is 4.39 Å². The average Bonchev–Trinajstić information content (AvgIpc) is 2.53. The summed E-state index contributed by atoms with van der Waals surface area (Å²) in [6.07, 6.45) is 2.79. The van der Waals surface area contributed by atoms with Gasteiger partial charge in [0.1, 0.15) is 5.82 Å². The second kappa shape index (κ2) is 6.01. The first kappa shape index (κ1) is 14.9. The van der Waals surface area contributed by atoms with E-state index in [0.29, 0.717) is 29.6 Å². The van der Waals surface area contributed by atoms with Gasteiger partial charge in [-0.3, -0.25) is 9.78 Å². The molecule has 2 aromatic rings. The number of hydrogen-bond donors (Lipinski definition) is 1. The first-order valence-corrected chi connectivity index (χ1v) is 7.58. The molecule has 0 spiro atoms. The minimum absolute atomic E-state index is 0.188. The van der Waals surface area contributed by atoms with E-state index < -0.39 is 5.82 Å². The van der Waals surface area contributed by atoms with Crippen LogP contribution in [0.5, 0.6) is 0 Å². The number of carbonyl (C=O) groups excluding carboxylic acids is 1. The zero-order valence-electron chi connectivity index (χ0n) is 12.5. The molecule has 1 aromatic heterocycles. The molecule has 1 aromatic carbocycles. The van der Waals surface area contributed by atoms with Gasteiger partial charge in [-0.15, -0.1) is 0 Å². The Morgan fingerprint density at radius 1 is 1.41 bits per heavy atom. The number of likely N-dealkylation sites (tertiary alicyclic amines) is 1. The fourth-order valence-corrected chi connectivity index (χ4v) is 3.07. The fourth-order valence-electron chi connectivity index (χ4n) is 3.07. The van der Waals surface area contributed by atoms with Crippen molar-refractivity contribution in [1.82, 2.24) is 9.88 Å². The summed E-state index contributed by atoms with van der Waals surface area (Å²) in [6, 6.07) is 6.13. The summed E-state index contributed by atoms with van der Waals surface area (Å²) in [6.45, 7) is 2.95. The third-order valence-corrected chi connectivity index (χ3v) is 4.41. The van der Waals surface area contributed by atoms with E-state index in [1.807, 2.05) is 0 Å². The summed E-state index contributed by atoms with van der Waals surface area (Å²) < 4.78 is 13.8. The Bertz CT molecular complexity index is 694. The number of pyridine rings is 1. The van der Waals surface area contributed by atoms with Crippen LogP contribution in [0.25, 0.3) is 10.9 Å². The fraction of sp³-hybridized carbons (Fsp3) is 0.412. The van der Waals surface area contributed by atoms with Gasteiger partial charge in [0.2, 0.25) is 0 Å². The molecular weight excluding hydrogens is 283 g/mol. The van der Waals surface area contributed by atoms with Gasteiger partial charge in [0, 0.05) is 24.7 Å². The zero-order valence-corrected chi connectivity index (χ0v) is 12.5. The normalized spacial score (nSPS) is 17.7. The van der Waals surface area contributed by atoms with E-state index in [9.17, 15) is 14.3 Å². The van der Waals surface area contributed by atoms with Gasteiger partial charge in [-0.05, 0) is 43.9 Å². The summed E-state index contributed by atoms with van der Waals surface area (Å²) in [5.74, 6) is -0.388. The molecule has 0 bridgehead atoms. The Balaban J connectivity index is 1.87. The lowest BCUT2D eigenvalue weighted by molar-refractivity contribution is 0.0522. The third-order valence-electron chi connectivity index (χ3n) is 4.41. The van der Waals surface area contributed by atoms with Crippen molar-refractivity contribution in [3.8, 4) is 0 Å². The van der Waals surface area contributed by atoms with Crippen molar-refractivity contribution in [3.63, 3.8) is 0 Å². The summed E-state index contributed by atoms with van der Waals surface area (Å²) in [4.78, 5) is 18.7. The van der Waals surface area contributed by atoms with Crippen LogP contribution in [-0.4, -0.2) is 40.1 Å². The summed E-state index contributed by atoms with van der Waals surface area (Å²) in [5, 5.41) is 10.3. The van der Waals surface area contributed by atoms with Crippen LogP contribution in [0.15, 0.2) is 30.5 Å². The van der Waals surface area contributed by atoms with Gasteiger partial charge in [0.15, 0.2) is 0 Å². The van der Waals surface area contributed by atoms with Crippen molar-refractivity contribution in [3.05, 3.63) is 41.8 Å². The van der Waals surface area contributed by atoms with Crippen molar-refractivity contribution in [2.75, 3.05) is 13.1 Å². The molecule has 0 radical (unpaired) electrons. The molecule has 1 fully saturated rings. The second-order valence-electron chi connectivity index (χ2n) is 5.90. The lowest BCUT2D eigenvalue weighted by atomic mass is 9.92. The summed E-state index contributed by atoms with van der Waals surface area (Å²) in [5.41, 5.74) is 0.845. The number of aromatic nitrogens is 1. The largest absolute Gasteiger partial charge is 0.393 e. The van der Waals surface area contributed by atoms with Crippen LogP contribution in [-0.2, 0) is 0 Å².